The molecule has 0 aliphatic heterocycles. The van der Waals surface area contributed by atoms with Gasteiger partial charge in [-0.3, -0.25) is 4.98 Å². The van der Waals surface area contributed by atoms with Crippen LogP contribution < -0.4 is 4.74 Å². The smallest absolute Gasteiger partial charge is 0.122 e. The highest BCUT2D eigenvalue weighted by atomic mass is 79.9. The summed E-state index contributed by atoms with van der Waals surface area (Å²) in [6, 6.07) is 14.0. The number of benzene rings is 1. The predicted molar refractivity (Wildman–Crippen MR) is 68.9 cm³/mol. The van der Waals surface area contributed by atoms with Gasteiger partial charge in [0.1, 0.15) is 5.75 Å². The summed E-state index contributed by atoms with van der Waals surface area (Å²) in [5.74, 6) is 0.836. The number of pyridine rings is 1. The zero-order valence-corrected chi connectivity index (χ0v) is 10.6. The van der Waals surface area contributed by atoms with E-state index in [2.05, 4.69) is 20.9 Å². The SMILES string of the molecule is COc1cc(CBr)nc(-c2ccccc2)c1. The molecule has 0 aliphatic rings. The monoisotopic (exact) mass is 277 g/mol. The van der Waals surface area contributed by atoms with Gasteiger partial charge < -0.3 is 4.74 Å². The van der Waals surface area contributed by atoms with Crippen molar-refractivity contribution in [2.75, 3.05) is 7.11 Å². The van der Waals surface area contributed by atoms with Crippen LogP contribution in [0.3, 0.4) is 0 Å². The Bertz CT molecular complexity index is 448. The number of methoxy groups -OCH3 is 1. The Morgan fingerprint density at radius 2 is 1.94 bits per heavy atom. The lowest BCUT2D eigenvalue weighted by Gasteiger charge is -2.06. The van der Waals surface area contributed by atoms with Crippen LogP contribution in [0.25, 0.3) is 11.3 Å². The van der Waals surface area contributed by atoms with Gasteiger partial charge in [0.2, 0.25) is 0 Å². The van der Waals surface area contributed by atoms with Crippen LogP contribution in [-0.2, 0) is 5.33 Å². The van der Waals surface area contributed by atoms with E-state index in [1.165, 1.54) is 0 Å². The van der Waals surface area contributed by atoms with Gasteiger partial charge in [-0.25, -0.2) is 0 Å². The van der Waals surface area contributed by atoms with Crippen molar-refractivity contribution in [1.29, 1.82) is 0 Å². The van der Waals surface area contributed by atoms with Crippen LogP contribution in [0, 0.1) is 0 Å². The molecule has 0 unspecified atom stereocenters. The maximum absolute atomic E-state index is 5.26. The van der Waals surface area contributed by atoms with E-state index < -0.39 is 0 Å². The van der Waals surface area contributed by atoms with Gasteiger partial charge in [0.05, 0.1) is 18.5 Å². The highest BCUT2D eigenvalue weighted by molar-refractivity contribution is 9.08. The van der Waals surface area contributed by atoms with Crippen molar-refractivity contribution in [3.05, 3.63) is 48.2 Å². The number of aromatic nitrogens is 1. The molecule has 0 spiro atoms. The molecule has 0 radical (unpaired) electrons. The molecule has 3 heteroatoms. The number of alkyl halides is 1. The third kappa shape index (κ3) is 2.42. The lowest BCUT2D eigenvalue weighted by atomic mass is 10.1. The summed E-state index contributed by atoms with van der Waals surface area (Å²) in [6.07, 6.45) is 0. The number of rotatable bonds is 3. The fourth-order valence-electron chi connectivity index (χ4n) is 1.50. The molecule has 2 aromatic rings. The third-order valence-corrected chi connectivity index (χ3v) is 2.87. The highest BCUT2D eigenvalue weighted by Gasteiger charge is 2.04. The van der Waals surface area contributed by atoms with E-state index in [9.17, 15) is 0 Å². The molecular formula is C13H12BrNO. The molecule has 1 aromatic heterocycles. The second-order valence-electron chi connectivity index (χ2n) is 3.38. The van der Waals surface area contributed by atoms with Crippen molar-refractivity contribution in [2.45, 2.75) is 5.33 Å². The van der Waals surface area contributed by atoms with E-state index in [0.717, 1.165) is 28.0 Å². The molecule has 0 atom stereocenters. The third-order valence-electron chi connectivity index (χ3n) is 2.29. The largest absolute Gasteiger partial charge is 0.497 e. The van der Waals surface area contributed by atoms with Crippen LogP contribution in [0.2, 0.25) is 0 Å². The number of hydrogen-bond acceptors (Lipinski definition) is 2. The quantitative estimate of drug-likeness (QED) is 0.799. The number of hydrogen-bond donors (Lipinski definition) is 0. The molecular weight excluding hydrogens is 266 g/mol. The average molecular weight is 278 g/mol. The normalized spacial score (nSPS) is 10.1. The van der Waals surface area contributed by atoms with Crippen LogP contribution >= 0.6 is 15.9 Å². The standard InChI is InChI=1S/C13H12BrNO/c1-16-12-7-11(9-14)15-13(8-12)10-5-3-2-4-6-10/h2-8H,9H2,1H3. The first-order valence-electron chi connectivity index (χ1n) is 5.00. The Kier molecular flexibility index (Phi) is 3.57. The van der Waals surface area contributed by atoms with E-state index >= 15 is 0 Å². The van der Waals surface area contributed by atoms with Gasteiger partial charge in [0.15, 0.2) is 0 Å². The molecule has 0 saturated heterocycles. The first-order valence-corrected chi connectivity index (χ1v) is 6.12. The molecule has 0 N–H and O–H groups in total. The Labute approximate surface area is 103 Å². The summed E-state index contributed by atoms with van der Waals surface area (Å²) in [5.41, 5.74) is 3.01. The zero-order chi connectivity index (χ0) is 11.4. The second-order valence-corrected chi connectivity index (χ2v) is 3.94. The molecule has 16 heavy (non-hydrogen) atoms. The van der Waals surface area contributed by atoms with Gasteiger partial charge >= 0.3 is 0 Å². The van der Waals surface area contributed by atoms with Gasteiger partial charge in [-0.1, -0.05) is 46.3 Å². The maximum Gasteiger partial charge on any atom is 0.122 e. The number of halogens is 1. The fourth-order valence-corrected chi connectivity index (χ4v) is 1.79. The fraction of sp³-hybridized carbons (Fsp3) is 0.154. The maximum atomic E-state index is 5.26. The topological polar surface area (TPSA) is 22.1 Å². The number of nitrogens with zero attached hydrogens (tertiary/aromatic N) is 1. The summed E-state index contributed by atoms with van der Waals surface area (Å²) in [5, 5.41) is 0.726. The Balaban J connectivity index is 2.48. The minimum atomic E-state index is 0.726. The summed E-state index contributed by atoms with van der Waals surface area (Å²) in [6.45, 7) is 0. The summed E-state index contributed by atoms with van der Waals surface area (Å²) < 4.78 is 5.26. The Hall–Kier alpha value is -1.35. The van der Waals surface area contributed by atoms with Crippen molar-refractivity contribution in [1.82, 2.24) is 4.98 Å². The molecule has 0 saturated carbocycles. The molecule has 82 valence electrons. The molecule has 0 bridgehead atoms. The molecule has 0 fully saturated rings. The van der Waals surface area contributed by atoms with Crippen LogP contribution in [0.5, 0.6) is 5.75 Å². The van der Waals surface area contributed by atoms with Crippen molar-refractivity contribution in [2.24, 2.45) is 0 Å². The minimum Gasteiger partial charge on any atom is -0.497 e. The van der Waals surface area contributed by atoms with E-state index in [1.807, 2.05) is 42.5 Å². The van der Waals surface area contributed by atoms with E-state index in [-0.39, 0.29) is 0 Å². The summed E-state index contributed by atoms with van der Waals surface area (Å²) >= 11 is 3.41. The Morgan fingerprint density at radius 3 is 2.56 bits per heavy atom. The average Bonchev–Trinajstić information content (AvgIpc) is 2.39. The van der Waals surface area contributed by atoms with E-state index in [1.54, 1.807) is 7.11 Å². The molecule has 0 amide bonds. The predicted octanol–water partition coefficient (Wildman–Crippen LogP) is 3.65. The van der Waals surface area contributed by atoms with Crippen LogP contribution in [0.15, 0.2) is 42.5 Å². The summed E-state index contributed by atoms with van der Waals surface area (Å²) in [7, 11) is 1.67. The molecule has 0 aliphatic carbocycles. The first kappa shape index (κ1) is 11.1. The van der Waals surface area contributed by atoms with E-state index in [4.69, 9.17) is 4.74 Å². The summed E-state index contributed by atoms with van der Waals surface area (Å²) in [4.78, 5) is 4.54. The molecule has 2 nitrogen and oxygen atoms in total. The van der Waals surface area contributed by atoms with Gasteiger partial charge in [-0.15, -0.1) is 0 Å². The van der Waals surface area contributed by atoms with Crippen LogP contribution in [-0.4, -0.2) is 12.1 Å². The molecule has 1 aromatic carbocycles. The molecule has 2 rings (SSSR count). The van der Waals surface area contributed by atoms with Crippen molar-refractivity contribution in [3.8, 4) is 17.0 Å². The van der Waals surface area contributed by atoms with Crippen LogP contribution in [0.1, 0.15) is 5.69 Å². The second kappa shape index (κ2) is 5.12. The lowest BCUT2D eigenvalue weighted by Crippen LogP contribution is -1.92. The Morgan fingerprint density at radius 1 is 1.19 bits per heavy atom. The van der Waals surface area contributed by atoms with Gasteiger partial charge in [-0.2, -0.15) is 0 Å². The van der Waals surface area contributed by atoms with Gasteiger partial charge in [0, 0.05) is 23.0 Å². The van der Waals surface area contributed by atoms with E-state index in [0.29, 0.717) is 0 Å². The lowest BCUT2D eigenvalue weighted by molar-refractivity contribution is 0.414. The van der Waals surface area contributed by atoms with Crippen molar-refractivity contribution >= 4 is 15.9 Å². The van der Waals surface area contributed by atoms with Gasteiger partial charge in [-0.05, 0) is 0 Å². The minimum absolute atomic E-state index is 0.726. The number of ether oxygens (including phenoxy) is 1. The van der Waals surface area contributed by atoms with Crippen molar-refractivity contribution in [3.63, 3.8) is 0 Å². The van der Waals surface area contributed by atoms with Crippen LogP contribution in [0.4, 0.5) is 0 Å². The first-order chi connectivity index (χ1) is 7.83. The van der Waals surface area contributed by atoms with Gasteiger partial charge in [0.25, 0.3) is 0 Å². The van der Waals surface area contributed by atoms with Crippen molar-refractivity contribution < 1.29 is 4.74 Å². The molecule has 1 heterocycles. The highest BCUT2D eigenvalue weighted by Crippen LogP contribution is 2.23. The zero-order valence-electron chi connectivity index (χ0n) is 8.98.